The van der Waals surface area contributed by atoms with Gasteiger partial charge in [0, 0.05) is 32.4 Å². The van der Waals surface area contributed by atoms with Gasteiger partial charge in [0.15, 0.2) is 5.69 Å². The first-order chi connectivity index (χ1) is 17.4. The summed E-state index contributed by atoms with van der Waals surface area (Å²) < 4.78 is 1.30. The highest BCUT2D eigenvalue weighted by atomic mass is 16.2. The Bertz CT molecular complexity index is 1200. The molecule has 2 aromatic rings. The first kappa shape index (κ1) is 26.9. The lowest BCUT2D eigenvalue weighted by Crippen LogP contribution is -2.42. The Kier molecular flexibility index (Phi) is 9.61. The van der Waals surface area contributed by atoms with Gasteiger partial charge in [0.2, 0.25) is 11.8 Å². The molecule has 1 aliphatic heterocycles. The number of carbonyl (C=O) groups excluding carboxylic acids is 2. The second-order valence-corrected chi connectivity index (χ2v) is 8.93. The number of nitrogens with one attached hydrogen (secondary N) is 1. The number of aromatic nitrogens is 2. The summed E-state index contributed by atoms with van der Waals surface area (Å²) in [5.74, 6) is -0.661. The van der Waals surface area contributed by atoms with Crippen LogP contribution in [0.25, 0.3) is 0 Å². The lowest BCUT2D eigenvalue weighted by atomic mass is 10.1. The molecule has 36 heavy (non-hydrogen) atoms. The van der Waals surface area contributed by atoms with Crippen LogP contribution in [0, 0.1) is 0 Å². The Hall–Kier alpha value is -3.69. The molecule has 1 aromatic heterocycles. The van der Waals surface area contributed by atoms with Crippen molar-refractivity contribution in [2.75, 3.05) is 23.7 Å². The van der Waals surface area contributed by atoms with Crippen LogP contribution in [0.3, 0.4) is 0 Å². The van der Waals surface area contributed by atoms with Crippen molar-refractivity contribution in [3.63, 3.8) is 0 Å². The fraction of sp³-hybridized carbons (Fsp3) is 0.500. The molecule has 3 N–H and O–H groups in total. The molecule has 194 valence electrons. The summed E-state index contributed by atoms with van der Waals surface area (Å²) >= 11 is 0. The average molecular weight is 497 g/mol. The topological polar surface area (TPSA) is 134 Å². The average Bonchev–Trinajstić information content (AvgIpc) is 3.37. The molecule has 1 aliphatic rings. The SMILES string of the molecule is CCCCCN(C(=O)CCC(=O)N1CCC(c2ccccc2)=N1)c1c(N)n(CCCC)c(=O)[nH]c1=O. The molecule has 0 atom stereocenters. The first-order valence-corrected chi connectivity index (χ1v) is 12.7. The van der Waals surface area contributed by atoms with Crippen LogP contribution < -0.4 is 21.9 Å². The van der Waals surface area contributed by atoms with Crippen molar-refractivity contribution in [3.05, 3.63) is 56.7 Å². The minimum Gasteiger partial charge on any atom is -0.383 e. The summed E-state index contributed by atoms with van der Waals surface area (Å²) in [4.78, 5) is 54.8. The highest BCUT2D eigenvalue weighted by Gasteiger charge is 2.26. The molecule has 10 nitrogen and oxygen atoms in total. The molecule has 3 rings (SSSR count). The highest BCUT2D eigenvalue weighted by Crippen LogP contribution is 2.21. The van der Waals surface area contributed by atoms with Gasteiger partial charge in [0.1, 0.15) is 5.82 Å². The predicted octanol–water partition coefficient (Wildman–Crippen LogP) is 2.86. The molecule has 0 bridgehead atoms. The molecule has 0 spiro atoms. The third-order valence-electron chi connectivity index (χ3n) is 6.26. The Morgan fingerprint density at radius 2 is 1.78 bits per heavy atom. The molecule has 0 radical (unpaired) electrons. The van der Waals surface area contributed by atoms with E-state index < -0.39 is 11.2 Å². The van der Waals surface area contributed by atoms with Gasteiger partial charge in [-0.25, -0.2) is 9.80 Å². The number of hydrogen-bond acceptors (Lipinski definition) is 6. The minimum absolute atomic E-state index is 0.0231. The number of benzene rings is 1. The van der Waals surface area contributed by atoms with Crippen molar-refractivity contribution in [3.8, 4) is 0 Å². The molecule has 0 saturated heterocycles. The van der Waals surface area contributed by atoms with Crippen molar-refractivity contribution in [1.29, 1.82) is 0 Å². The molecule has 2 heterocycles. The van der Waals surface area contributed by atoms with E-state index in [0.717, 1.165) is 30.5 Å². The number of rotatable bonds is 12. The van der Waals surface area contributed by atoms with Gasteiger partial charge < -0.3 is 10.6 Å². The maximum absolute atomic E-state index is 13.3. The summed E-state index contributed by atoms with van der Waals surface area (Å²) in [5.41, 5.74) is 6.75. The monoisotopic (exact) mass is 496 g/mol. The van der Waals surface area contributed by atoms with E-state index in [2.05, 4.69) is 10.1 Å². The number of nitrogen functional groups attached to an aromatic ring is 1. The second kappa shape index (κ2) is 12.9. The number of H-pyrrole nitrogens is 1. The number of hydrogen-bond donors (Lipinski definition) is 2. The molecule has 0 fully saturated rings. The Balaban J connectivity index is 1.76. The van der Waals surface area contributed by atoms with Crippen LogP contribution in [0.2, 0.25) is 0 Å². The molecule has 1 aromatic carbocycles. The zero-order chi connectivity index (χ0) is 26.1. The summed E-state index contributed by atoms with van der Waals surface area (Å²) in [6, 6.07) is 9.67. The van der Waals surface area contributed by atoms with E-state index in [1.165, 1.54) is 14.5 Å². The van der Waals surface area contributed by atoms with Gasteiger partial charge >= 0.3 is 5.69 Å². The van der Waals surface area contributed by atoms with Crippen molar-refractivity contribution < 1.29 is 9.59 Å². The van der Waals surface area contributed by atoms with Crippen LogP contribution in [0.15, 0.2) is 45.0 Å². The number of nitrogens with zero attached hydrogens (tertiary/aromatic N) is 4. The van der Waals surface area contributed by atoms with Gasteiger partial charge in [0.25, 0.3) is 5.56 Å². The van der Waals surface area contributed by atoms with Crippen molar-refractivity contribution in [2.24, 2.45) is 5.10 Å². The third-order valence-corrected chi connectivity index (χ3v) is 6.26. The van der Waals surface area contributed by atoms with E-state index in [-0.39, 0.29) is 42.7 Å². The van der Waals surface area contributed by atoms with Gasteiger partial charge in [-0.05, 0) is 18.4 Å². The number of nitrogens with two attached hydrogens (primary N) is 1. The standard InChI is InChI=1S/C26H36N6O4/c1-3-5-10-17-30(23-24(27)31(16-6-4-2)26(36)28-25(23)35)21(33)13-14-22(34)32-18-15-20(29-32)19-11-8-7-9-12-19/h7-9,11-12H,3-6,10,13-18,27H2,1-2H3,(H,28,35,36). The summed E-state index contributed by atoms with van der Waals surface area (Å²) in [7, 11) is 0. The van der Waals surface area contributed by atoms with E-state index in [0.29, 0.717) is 32.4 Å². The smallest absolute Gasteiger partial charge is 0.330 e. The van der Waals surface area contributed by atoms with E-state index >= 15 is 0 Å². The zero-order valence-corrected chi connectivity index (χ0v) is 21.2. The largest absolute Gasteiger partial charge is 0.383 e. The summed E-state index contributed by atoms with van der Waals surface area (Å²) in [6.07, 6.45) is 4.52. The van der Waals surface area contributed by atoms with E-state index in [1.807, 2.05) is 44.2 Å². The second-order valence-electron chi connectivity index (χ2n) is 8.93. The van der Waals surface area contributed by atoms with Crippen molar-refractivity contribution in [2.45, 2.75) is 71.8 Å². The first-order valence-electron chi connectivity index (χ1n) is 12.7. The molecular formula is C26H36N6O4. The molecular weight excluding hydrogens is 460 g/mol. The van der Waals surface area contributed by atoms with Crippen LogP contribution >= 0.6 is 0 Å². The minimum atomic E-state index is -0.696. The fourth-order valence-corrected chi connectivity index (χ4v) is 4.21. The Morgan fingerprint density at radius 1 is 1.06 bits per heavy atom. The molecule has 10 heteroatoms. The van der Waals surface area contributed by atoms with Crippen LogP contribution in [0.1, 0.15) is 70.8 Å². The number of carbonyl (C=O) groups is 2. The van der Waals surface area contributed by atoms with Gasteiger partial charge in [-0.1, -0.05) is 63.4 Å². The van der Waals surface area contributed by atoms with Gasteiger partial charge in [-0.3, -0.25) is 23.9 Å². The molecule has 0 unspecified atom stereocenters. The van der Waals surface area contributed by atoms with Gasteiger partial charge in [-0.15, -0.1) is 0 Å². The quantitative estimate of drug-likeness (QED) is 0.436. The highest BCUT2D eigenvalue weighted by molar-refractivity contribution is 6.03. The number of hydrazone groups is 1. The number of anilines is 2. The number of unbranched alkanes of at least 4 members (excludes halogenated alkanes) is 3. The van der Waals surface area contributed by atoms with Crippen LogP contribution in [0.5, 0.6) is 0 Å². The number of amides is 2. The molecule has 2 amide bonds. The zero-order valence-electron chi connectivity index (χ0n) is 21.2. The van der Waals surface area contributed by atoms with Crippen molar-refractivity contribution >= 4 is 29.0 Å². The van der Waals surface area contributed by atoms with E-state index in [9.17, 15) is 19.2 Å². The predicted molar refractivity (Wildman–Crippen MR) is 141 cm³/mol. The lowest BCUT2D eigenvalue weighted by molar-refractivity contribution is -0.132. The normalized spacial score (nSPS) is 13.1. The van der Waals surface area contributed by atoms with Gasteiger partial charge in [0.05, 0.1) is 12.3 Å². The van der Waals surface area contributed by atoms with E-state index in [4.69, 9.17) is 5.73 Å². The Labute approximate surface area is 210 Å². The third kappa shape index (κ3) is 6.50. The van der Waals surface area contributed by atoms with Crippen LogP contribution in [-0.2, 0) is 16.1 Å². The van der Waals surface area contributed by atoms with Gasteiger partial charge in [-0.2, -0.15) is 5.10 Å². The molecule has 0 aliphatic carbocycles. The summed E-state index contributed by atoms with van der Waals surface area (Å²) in [5, 5.41) is 5.85. The van der Waals surface area contributed by atoms with Crippen LogP contribution in [0.4, 0.5) is 11.5 Å². The number of aromatic amines is 1. The van der Waals surface area contributed by atoms with Crippen LogP contribution in [-0.4, -0.2) is 45.2 Å². The maximum Gasteiger partial charge on any atom is 0.330 e. The van der Waals surface area contributed by atoms with E-state index in [1.54, 1.807) is 0 Å². The lowest BCUT2D eigenvalue weighted by Gasteiger charge is -2.25. The maximum atomic E-state index is 13.3. The van der Waals surface area contributed by atoms with Crippen molar-refractivity contribution in [1.82, 2.24) is 14.6 Å². The Morgan fingerprint density at radius 3 is 2.47 bits per heavy atom. The summed E-state index contributed by atoms with van der Waals surface area (Å²) in [6.45, 7) is 5.11. The fourth-order valence-electron chi connectivity index (χ4n) is 4.21. The molecule has 0 saturated carbocycles.